The van der Waals surface area contributed by atoms with Gasteiger partial charge in [-0.15, -0.1) is 0 Å². The molecule has 0 N–H and O–H groups in total. The number of hydrogen-bond acceptors (Lipinski definition) is 4. The van der Waals surface area contributed by atoms with Crippen molar-refractivity contribution in [2.45, 2.75) is 32.2 Å². The number of likely N-dealkylation sites (tertiary alicyclic amines) is 1. The summed E-state index contributed by atoms with van der Waals surface area (Å²) >= 11 is 0. The first-order chi connectivity index (χ1) is 10.1. The maximum Gasteiger partial charge on any atom is 0.410 e. The summed E-state index contributed by atoms with van der Waals surface area (Å²) in [5, 5.41) is 0. The van der Waals surface area contributed by atoms with E-state index in [1.807, 2.05) is 0 Å². The minimum atomic E-state index is -0.540. The van der Waals surface area contributed by atoms with Gasteiger partial charge in [0.2, 0.25) is 0 Å². The predicted octanol–water partition coefficient (Wildman–Crippen LogP) is 2.84. The van der Waals surface area contributed by atoms with Crippen LogP contribution < -0.4 is 0 Å². The first-order valence-electron chi connectivity index (χ1n) is 7.18. The van der Waals surface area contributed by atoms with Crippen molar-refractivity contribution in [1.82, 2.24) is 4.90 Å². The molecule has 116 valence electrons. The van der Waals surface area contributed by atoms with Gasteiger partial charge in [-0.25, -0.2) is 9.59 Å². The Morgan fingerprint density at radius 2 is 2.05 bits per heavy atom. The number of carbonyl (C=O) groups is 2. The molecule has 0 bridgehead atoms. The predicted molar refractivity (Wildman–Crippen MR) is 80.8 cm³/mol. The summed E-state index contributed by atoms with van der Waals surface area (Å²) in [5.41, 5.74) is 0.753. The molecule has 1 aliphatic heterocycles. The van der Waals surface area contributed by atoms with E-state index >= 15 is 0 Å². The summed E-state index contributed by atoms with van der Waals surface area (Å²) in [6, 6.07) is -0.540. The second-order valence-corrected chi connectivity index (χ2v) is 4.69. The van der Waals surface area contributed by atoms with Gasteiger partial charge in [0.1, 0.15) is 12.6 Å². The van der Waals surface area contributed by atoms with Gasteiger partial charge in [-0.05, 0) is 31.8 Å². The summed E-state index contributed by atoms with van der Waals surface area (Å²) in [7, 11) is 0. The lowest BCUT2D eigenvalue weighted by molar-refractivity contribution is -0.150. The average molecular weight is 293 g/mol. The molecule has 1 atom stereocenters. The lowest BCUT2D eigenvalue weighted by Crippen LogP contribution is -2.49. The molecule has 5 heteroatoms. The van der Waals surface area contributed by atoms with Gasteiger partial charge in [-0.3, -0.25) is 4.90 Å². The summed E-state index contributed by atoms with van der Waals surface area (Å²) < 4.78 is 10.3. The first-order valence-corrected chi connectivity index (χ1v) is 7.18. The van der Waals surface area contributed by atoms with Crippen molar-refractivity contribution >= 4 is 12.1 Å². The van der Waals surface area contributed by atoms with Gasteiger partial charge in [0, 0.05) is 6.54 Å². The molecule has 0 aromatic heterocycles. The maximum absolute atomic E-state index is 12.2. The highest BCUT2D eigenvalue weighted by Crippen LogP contribution is 2.19. The van der Waals surface area contributed by atoms with Crippen LogP contribution in [0, 0.1) is 0 Å². The third-order valence-corrected chi connectivity index (χ3v) is 3.25. The van der Waals surface area contributed by atoms with E-state index in [1.165, 1.54) is 4.90 Å². The molecule has 1 amide bonds. The molecular weight excluding hydrogens is 270 g/mol. The molecule has 0 spiro atoms. The van der Waals surface area contributed by atoms with Crippen molar-refractivity contribution in [3.63, 3.8) is 0 Å². The molecule has 21 heavy (non-hydrogen) atoms. The Bertz CT molecular complexity index is 428. The van der Waals surface area contributed by atoms with Crippen LogP contribution in [-0.4, -0.2) is 42.8 Å². The zero-order valence-electron chi connectivity index (χ0n) is 12.5. The average Bonchev–Trinajstić information content (AvgIpc) is 2.51. The summed E-state index contributed by atoms with van der Waals surface area (Å²) in [4.78, 5) is 25.5. The fourth-order valence-corrected chi connectivity index (χ4v) is 2.19. The Balaban J connectivity index is 2.64. The monoisotopic (exact) mass is 293 g/mol. The lowest BCUT2D eigenvalue weighted by Gasteiger charge is -2.33. The molecule has 1 fully saturated rings. The van der Waals surface area contributed by atoms with Crippen LogP contribution in [0.15, 0.2) is 37.0 Å². The highest BCUT2D eigenvalue weighted by atomic mass is 16.6. The fourth-order valence-electron chi connectivity index (χ4n) is 2.19. The molecular formula is C16H23NO4. The molecule has 1 aliphatic rings. The number of ether oxygens (including phenoxy) is 2. The SMILES string of the molecule is C=C/C=C(\C=C)COC(=O)N1CCCCC1C(=O)OCC. The van der Waals surface area contributed by atoms with Crippen molar-refractivity contribution in [1.29, 1.82) is 0 Å². The van der Waals surface area contributed by atoms with Crippen LogP contribution in [0.4, 0.5) is 4.79 Å². The molecule has 0 aromatic carbocycles. The molecule has 0 aliphatic carbocycles. The van der Waals surface area contributed by atoms with E-state index in [4.69, 9.17) is 9.47 Å². The molecule has 5 nitrogen and oxygen atoms in total. The van der Waals surface area contributed by atoms with E-state index in [1.54, 1.807) is 25.2 Å². The van der Waals surface area contributed by atoms with E-state index < -0.39 is 12.1 Å². The first kappa shape index (κ1) is 17.0. The Morgan fingerprint density at radius 3 is 2.67 bits per heavy atom. The number of hydrogen-bond donors (Lipinski definition) is 0. The normalized spacial score (nSPS) is 18.8. The molecule has 0 radical (unpaired) electrons. The summed E-state index contributed by atoms with van der Waals surface area (Å²) in [5.74, 6) is -0.361. The fraction of sp³-hybridized carbons (Fsp3) is 0.500. The standard InChI is InChI=1S/C16H23NO4/c1-4-9-13(5-2)12-21-16(19)17-11-8-7-10-14(17)15(18)20-6-3/h4-5,9,14H,1-2,6-8,10-12H2,3H3/b13-9+. The zero-order valence-corrected chi connectivity index (χ0v) is 12.5. The van der Waals surface area contributed by atoms with E-state index in [-0.39, 0.29) is 12.6 Å². The third kappa shape index (κ3) is 5.10. The van der Waals surface area contributed by atoms with Gasteiger partial charge in [-0.2, -0.15) is 0 Å². The molecule has 1 unspecified atom stereocenters. The number of piperidine rings is 1. The number of rotatable bonds is 6. The Morgan fingerprint density at radius 1 is 1.29 bits per heavy atom. The van der Waals surface area contributed by atoms with E-state index in [2.05, 4.69) is 13.2 Å². The molecule has 1 saturated heterocycles. The van der Waals surface area contributed by atoms with Crippen LogP contribution in [0.2, 0.25) is 0 Å². The van der Waals surface area contributed by atoms with Gasteiger partial charge in [0.05, 0.1) is 6.61 Å². The largest absolute Gasteiger partial charge is 0.464 e. The topological polar surface area (TPSA) is 55.8 Å². The number of allylic oxidation sites excluding steroid dienone is 2. The van der Waals surface area contributed by atoms with Crippen molar-refractivity contribution in [2.24, 2.45) is 0 Å². The van der Waals surface area contributed by atoms with Crippen LogP contribution in [0.25, 0.3) is 0 Å². The van der Waals surface area contributed by atoms with Crippen molar-refractivity contribution in [2.75, 3.05) is 19.8 Å². The number of nitrogens with zero attached hydrogens (tertiary/aromatic N) is 1. The highest BCUT2D eigenvalue weighted by Gasteiger charge is 2.34. The van der Waals surface area contributed by atoms with Crippen LogP contribution >= 0.6 is 0 Å². The molecule has 0 saturated carbocycles. The van der Waals surface area contributed by atoms with E-state index in [9.17, 15) is 9.59 Å². The van der Waals surface area contributed by atoms with Gasteiger partial charge in [0.15, 0.2) is 0 Å². The third-order valence-electron chi connectivity index (χ3n) is 3.25. The number of amides is 1. The molecule has 1 rings (SSSR count). The number of esters is 1. The summed E-state index contributed by atoms with van der Waals surface area (Å²) in [6.45, 7) is 9.91. The molecule has 0 aromatic rings. The Hall–Kier alpha value is -2.04. The van der Waals surface area contributed by atoms with Crippen molar-refractivity contribution in [3.05, 3.63) is 37.0 Å². The Kier molecular flexibility index (Phi) is 7.29. The Labute approximate surface area is 125 Å². The van der Waals surface area contributed by atoms with Crippen LogP contribution in [0.1, 0.15) is 26.2 Å². The second-order valence-electron chi connectivity index (χ2n) is 4.69. The minimum absolute atomic E-state index is 0.112. The van der Waals surface area contributed by atoms with Crippen LogP contribution in [-0.2, 0) is 14.3 Å². The number of carbonyl (C=O) groups excluding carboxylic acids is 2. The van der Waals surface area contributed by atoms with E-state index in [0.29, 0.717) is 19.6 Å². The quantitative estimate of drug-likeness (QED) is 0.558. The van der Waals surface area contributed by atoms with Crippen molar-refractivity contribution in [3.8, 4) is 0 Å². The second kappa shape index (κ2) is 9.00. The zero-order chi connectivity index (χ0) is 15.7. The molecule has 1 heterocycles. The van der Waals surface area contributed by atoms with Gasteiger partial charge in [0.25, 0.3) is 0 Å². The van der Waals surface area contributed by atoms with Crippen LogP contribution in [0.5, 0.6) is 0 Å². The lowest BCUT2D eigenvalue weighted by atomic mass is 10.0. The van der Waals surface area contributed by atoms with Crippen molar-refractivity contribution < 1.29 is 19.1 Å². The van der Waals surface area contributed by atoms with E-state index in [0.717, 1.165) is 18.4 Å². The smallest absolute Gasteiger partial charge is 0.410 e. The van der Waals surface area contributed by atoms with Gasteiger partial charge < -0.3 is 9.47 Å². The van der Waals surface area contributed by atoms with Gasteiger partial charge >= 0.3 is 12.1 Å². The maximum atomic E-state index is 12.2. The highest BCUT2D eigenvalue weighted by molar-refractivity contribution is 5.81. The minimum Gasteiger partial charge on any atom is -0.464 e. The van der Waals surface area contributed by atoms with Crippen LogP contribution in [0.3, 0.4) is 0 Å². The van der Waals surface area contributed by atoms with Gasteiger partial charge in [-0.1, -0.05) is 31.4 Å². The summed E-state index contributed by atoms with van der Waals surface area (Å²) in [6.07, 6.45) is 6.82.